The molecule has 2 heterocycles. The molecule has 1 aromatic rings. The van der Waals surface area contributed by atoms with Crippen LogP contribution in [-0.2, 0) is 7.05 Å². The fourth-order valence-corrected chi connectivity index (χ4v) is 1.52. The van der Waals surface area contributed by atoms with Crippen molar-refractivity contribution in [2.45, 2.75) is 18.6 Å². The van der Waals surface area contributed by atoms with Gasteiger partial charge in [0, 0.05) is 13.6 Å². The predicted octanol–water partition coefficient (Wildman–Crippen LogP) is -0.790. The molecule has 0 amide bonds. The van der Waals surface area contributed by atoms with Crippen LogP contribution in [0.25, 0.3) is 0 Å². The van der Waals surface area contributed by atoms with Crippen LogP contribution >= 0.6 is 0 Å². The molecule has 1 saturated heterocycles. The number of nitrogens with one attached hydrogen (secondary N) is 1. The maximum atomic E-state index is 9.27. The first kappa shape index (κ1) is 7.70. The van der Waals surface area contributed by atoms with E-state index in [0.29, 0.717) is 6.54 Å². The number of rotatable bonds is 1. The van der Waals surface area contributed by atoms with Crippen molar-refractivity contribution in [1.29, 1.82) is 0 Å². The molecule has 0 spiro atoms. The molecule has 1 aliphatic heterocycles. The second-order valence-corrected chi connectivity index (χ2v) is 3.15. The summed E-state index contributed by atoms with van der Waals surface area (Å²) in [6.07, 6.45) is 2.15. The van der Waals surface area contributed by atoms with E-state index in [2.05, 4.69) is 15.5 Å². The highest BCUT2D eigenvalue weighted by Crippen LogP contribution is 2.20. The van der Waals surface area contributed by atoms with E-state index in [0.717, 1.165) is 12.2 Å². The molecular formula is C7H12N4O. The Balaban J connectivity index is 2.16. The molecule has 1 fully saturated rings. The number of aliphatic hydroxyl groups is 1. The Bertz CT molecular complexity index is 272. The molecule has 2 N–H and O–H groups in total. The van der Waals surface area contributed by atoms with Crippen molar-refractivity contribution in [3.05, 3.63) is 12.2 Å². The molecule has 0 aliphatic carbocycles. The van der Waals surface area contributed by atoms with Crippen LogP contribution < -0.4 is 5.32 Å². The van der Waals surface area contributed by atoms with Gasteiger partial charge in [-0.2, -0.15) is 0 Å². The highest BCUT2D eigenvalue weighted by molar-refractivity contribution is 4.98. The third kappa shape index (κ3) is 1.21. The minimum absolute atomic E-state index is 0.160. The molecule has 1 aromatic heterocycles. The Morgan fingerprint density at radius 2 is 2.58 bits per heavy atom. The first-order chi connectivity index (χ1) is 5.77. The van der Waals surface area contributed by atoms with Gasteiger partial charge < -0.3 is 15.0 Å². The SMILES string of the molecule is Cn1cnnc1[C@H]1C[C@@H](O)CN1. The quantitative estimate of drug-likeness (QED) is 0.577. The first-order valence-electron chi connectivity index (χ1n) is 4.02. The summed E-state index contributed by atoms with van der Waals surface area (Å²) >= 11 is 0. The van der Waals surface area contributed by atoms with Crippen LogP contribution in [0.2, 0.25) is 0 Å². The predicted molar refractivity (Wildman–Crippen MR) is 42.4 cm³/mol. The molecule has 0 saturated carbocycles. The topological polar surface area (TPSA) is 63.0 Å². The monoisotopic (exact) mass is 168 g/mol. The standard InChI is InChI=1S/C7H12N4O/c1-11-4-9-10-7(11)6-2-5(12)3-8-6/h4-6,8,12H,2-3H2,1H3/t5-,6-/m1/s1. The molecule has 0 aromatic carbocycles. The Labute approximate surface area is 70.4 Å². The second-order valence-electron chi connectivity index (χ2n) is 3.15. The summed E-state index contributed by atoms with van der Waals surface area (Å²) in [6.45, 7) is 0.650. The second kappa shape index (κ2) is 2.84. The Kier molecular flexibility index (Phi) is 1.82. The molecule has 5 nitrogen and oxygen atoms in total. The summed E-state index contributed by atoms with van der Waals surface area (Å²) < 4.78 is 1.87. The van der Waals surface area contributed by atoms with Crippen molar-refractivity contribution in [3.63, 3.8) is 0 Å². The van der Waals surface area contributed by atoms with E-state index in [1.165, 1.54) is 0 Å². The van der Waals surface area contributed by atoms with Crippen LogP contribution in [0.3, 0.4) is 0 Å². The molecule has 0 bridgehead atoms. The lowest BCUT2D eigenvalue weighted by Crippen LogP contribution is -2.17. The van der Waals surface area contributed by atoms with Gasteiger partial charge in [0.25, 0.3) is 0 Å². The Hall–Kier alpha value is -0.940. The van der Waals surface area contributed by atoms with Crippen LogP contribution in [0.4, 0.5) is 0 Å². The average Bonchev–Trinajstić information content (AvgIpc) is 2.58. The normalized spacial score (nSPS) is 29.5. The maximum Gasteiger partial charge on any atom is 0.149 e. The molecule has 0 unspecified atom stereocenters. The molecule has 0 radical (unpaired) electrons. The third-order valence-corrected chi connectivity index (χ3v) is 2.17. The van der Waals surface area contributed by atoms with Crippen molar-refractivity contribution < 1.29 is 5.11 Å². The van der Waals surface area contributed by atoms with Crippen LogP contribution in [0.1, 0.15) is 18.3 Å². The van der Waals surface area contributed by atoms with Gasteiger partial charge in [0.15, 0.2) is 0 Å². The van der Waals surface area contributed by atoms with E-state index in [1.807, 2.05) is 11.6 Å². The summed E-state index contributed by atoms with van der Waals surface area (Å²) in [5.74, 6) is 0.895. The number of aliphatic hydroxyl groups excluding tert-OH is 1. The molecule has 1 aliphatic rings. The number of hydrogen-bond acceptors (Lipinski definition) is 4. The van der Waals surface area contributed by atoms with Gasteiger partial charge in [-0.15, -0.1) is 10.2 Å². The van der Waals surface area contributed by atoms with E-state index in [1.54, 1.807) is 6.33 Å². The van der Waals surface area contributed by atoms with Crippen LogP contribution in [-0.4, -0.2) is 32.5 Å². The number of nitrogens with zero attached hydrogens (tertiary/aromatic N) is 3. The van der Waals surface area contributed by atoms with E-state index in [4.69, 9.17) is 0 Å². The van der Waals surface area contributed by atoms with Crippen LogP contribution in [0.15, 0.2) is 6.33 Å². The highest BCUT2D eigenvalue weighted by atomic mass is 16.3. The van der Waals surface area contributed by atoms with Gasteiger partial charge in [0.2, 0.25) is 0 Å². The Morgan fingerprint density at radius 3 is 3.08 bits per heavy atom. The minimum atomic E-state index is -0.244. The summed E-state index contributed by atoms with van der Waals surface area (Å²) in [6, 6.07) is 0.160. The van der Waals surface area contributed by atoms with Crippen molar-refractivity contribution in [3.8, 4) is 0 Å². The van der Waals surface area contributed by atoms with E-state index >= 15 is 0 Å². The zero-order valence-electron chi connectivity index (χ0n) is 6.94. The number of β-amino-alcohol motifs (C(OH)–C–C–N with tert-alkyl or cyclic N) is 1. The fourth-order valence-electron chi connectivity index (χ4n) is 1.52. The van der Waals surface area contributed by atoms with Gasteiger partial charge in [-0.05, 0) is 6.42 Å². The van der Waals surface area contributed by atoms with Crippen molar-refractivity contribution in [2.75, 3.05) is 6.54 Å². The van der Waals surface area contributed by atoms with E-state index in [-0.39, 0.29) is 12.1 Å². The third-order valence-electron chi connectivity index (χ3n) is 2.17. The van der Waals surface area contributed by atoms with Crippen molar-refractivity contribution in [2.24, 2.45) is 7.05 Å². The summed E-state index contributed by atoms with van der Waals surface area (Å²) in [5.41, 5.74) is 0. The van der Waals surface area contributed by atoms with Gasteiger partial charge in [-0.1, -0.05) is 0 Å². The van der Waals surface area contributed by atoms with Crippen molar-refractivity contribution >= 4 is 0 Å². The zero-order chi connectivity index (χ0) is 8.55. The van der Waals surface area contributed by atoms with Gasteiger partial charge in [0.05, 0.1) is 12.1 Å². The van der Waals surface area contributed by atoms with Crippen LogP contribution in [0.5, 0.6) is 0 Å². The smallest absolute Gasteiger partial charge is 0.149 e. The maximum absolute atomic E-state index is 9.27. The first-order valence-corrected chi connectivity index (χ1v) is 4.02. The van der Waals surface area contributed by atoms with Gasteiger partial charge in [0.1, 0.15) is 12.2 Å². The van der Waals surface area contributed by atoms with E-state index < -0.39 is 0 Å². The average molecular weight is 168 g/mol. The van der Waals surface area contributed by atoms with Gasteiger partial charge >= 0.3 is 0 Å². The summed E-state index contributed by atoms with van der Waals surface area (Å²) in [5, 5.41) is 20.2. The molecule has 2 atom stereocenters. The molecular weight excluding hydrogens is 156 g/mol. The summed E-state index contributed by atoms with van der Waals surface area (Å²) in [7, 11) is 1.90. The largest absolute Gasteiger partial charge is 0.392 e. The lowest BCUT2D eigenvalue weighted by Gasteiger charge is -2.07. The number of hydrogen-bond donors (Lipinski definition) is 2. The Morgan fingerprint density at radius 1 is 1.75 bits per heavy atom. The van der Waals surface area contributed by atoms with Crippen LogP contribution in [0, 0.1) is 0 Å². The molecule has 66 valence electrons. The minimum Gasteiger partial charge on any atom is -0.392 e. The van der Waals surface area contributed by atoms with E-state index in [9.17, 15) is 5.11 Å². The molecule has 5 heteroatoms. The summed E-state index contributed by atoms with van der Waals surface area (Å²) in [4.78, 5) is 0. The van der Waals surface area contributed by atoms with Crippen molar-refractivity contribution in [1.82, 2.24) is 20.1 Å². The van der Waals surface area contributed by atoms with Gasteiger partial charge in [-0.25, -0.2) is 0 Å². The lowest BCUT2D eigenvalue weighted by molar-refractivity contribution is 0.193. The molecule has 2 rings (SSSR count). The molecule has 12 heavy (non-hydrogen) atoms. The highest BCUT2D eigenvalue weighted by Gasteiger charge is 2.26. The zero-order valence-corrected chi connectivity index (χ0v) is 6.94. The van der Waals surface area contributed by atoms with Gasteiger partial charge in [-0.3, -0.25) is 0 Å². The number of aryl methyl sites for hydroxylation is 1. The lowest BCUT2D eigenvalue weighted by atomic mass is 10.2. The number of aromatic nitrogens is 3. The fraction of sp³-hybridized carbons (Fsp3) is 0.714.